The van der Waals surface area contributed by atoms with Gasteiger partial charge >= 0.3 is 5.97 Å². The van der Waals surface area contributed by atoms with Crippen LogP contribution in [0.3, 0.4) is 0 Å². The third-order valence-corrected chi connectivity index (χ3v) is 5.39. The van der Waals surface area contributed by atoms with E-state index in [2.05, 4.69) is 4.99 Å². The summed E-state index contributed by atoms with van der Waals surface area (Å²) in [5, 5.41) is -0.125. The first-order valence-electron chi connectivity index (χ1n) is 10.5. The van der Waals surface area contributed by atoms with Gasteiger partial charge in [-0.2, -0.15) is 0 Å². The number of cyclic esters (lactones) is 1. The summed E-state index contributed by atoms with van der Waals surface area (Å²) in [5.41, 5.74) is 2.75. The molecule has 3 aromatic carbocycles. The zero-order valence-corrected chi connectivity index (χ0v) is 19.2. The number of halogens is 3. The second-order valence-electron chi connectivity index (χ2n) is 7.44. The minimum Gasteiger partial charge on any atom is -0.490 e. The summed E-state index contributed by atoms with van der Waals surface area (Å²) >= 11 is 5.97. The van der Waals surface area contributed by atoms with Gasteiger partial charge in [-0.3, -0.25) is 0 Å². The molecule has 0 radical (unpaired) electrons. The standard InChI is InChI=1S/C26H20ClF2NO4/c1-3-32-24-11-16(8-9-23(24)33-14-17-7-5-4-6-15(17)2)10-22-26(31)34-25(30-22)18-12-20(28)21(29)13-19(18)27/h4-13H,3,14H2,1-2H3. The first-order valence-corrected chi connectivity index (χ1v) is 10.8. The van der Waals surface area contributed by atoms with Gasteiger partial charge in [-0.15, -0.1) is 0 Å². The van der Waals surface area contributed by atoms with E-state index in [1.54, 1.807) is 18.2 Å². The molecule has 0 N–H and O–H groups in total. The molecule has 174 valence electrons. The molecule has 0 saturated heterocycles. The summed E-state index contributed by atoms with van der Waals surface area (Å²) in [6, 6.07) is 14.8. The zero-order chi connectivity index (χ0) is 24.2. The molecule has 1 aliphatic heterocycles. The average Bonchev–Trinajstić information content (AvgIpc) is 3.16. The van der Waals surface area contributed by atoms with Crippen LogP contribution in [0, 0.1) is 18.6 Å². The van der Waals surface area contributed by atoms with E-state index in [9.17, 15) is 13.6 Å². The fourth-order valence-corrected chi connectivity index (χ4v) is 3.53. The molecule has 1 aliphatic rings. The lowest BCUT2D eigenvalue weighted by atomic mass is 10.1. The molecule has 8 heteroatoms. The molecule has 0 saturated carbocycles. The maximum Gasteiger partial charge on any atom is 0.363 e. The van der Waals surface area contributed by atoms with Crippen molar-refractivity contribution in [3.05, 3.63) is 99.2 Å². The van der Waals surface area contributed by atoms with Gasteiger partial charge in [0.15, 0.2) is 28.8 Å². The van der Waals surface area contributed by atoms with Crippen molar-refractivity contribution in [2.45, 2.75) is 20.5 Å². The summed E-state index contributed by atoms with van der Waals surface area (Å²) in [6.45, 7) is 4.66. The molecule has 0 bridgehead atoms. The molecule has 5 nitrogen and oxygen atoms in total. The minimum absolute atomic E-state index is 0.0210. The Morgan fingerprint density at radius 1 is 1.03 bits per heavy atom. The van der Waals surface area contributed by atoms with E-state index >= 15 is 0 Å². The van der Waals surface area contributed by atoms with Crippen molar-refractivity contribution < 1.29 is 27.8 Å². The number of ether oxygens (including phenoxy) is 3. The predicted octanol–water partition coefficient (Wildman–Crippen LogP) is 6.25. The van der Waals surface area contributed by atoms with Gasteiger partial charge in [0.1, 0.15) is 6.61 Å². The second kappa shape index (κ2) is 10.1. The Morgan fingerprint density at radius 2 is 1.79 bits per heavy atom. The molecule has 0 unspecified atom stereocenters. The third-order valence-electron chi connectivity index (χ3n) is 5.08. The van der Waals surface area contributed by atoms with Crippen LogP contribution in [0.4, 0.5) is 8.78 Å². The predicted molar refractivity (Wildman–Crippen MR) is 125 cm³/mol. The largest absolute Gasteiger partial charge is 0.490 e. The lowest BCUT2D eigenvalue weighted by Gasteiger charge is -2.13. The summed E-state index contributed by atoms with van der Waals surface area (Å²) in [5.74, 6) is -2.12. The van der Waals surface area contributed by atoms with Crippen LogP contribution >= 0.6 is 11.6 Å². The van der Waals surface area contributed by atoms with Crippen LogP contribution in [0.2, 0.25) is 5.02 Å². The highest BCUT2D eigenvalue weighted by atomic mass is 35.5. The highest BCUT2D eigenvalue weighted by Gasteiger charge is 2.27. The summed E-state index contributed by atoms with van der Waals surface area (Å²) in [7, 11) is 0. The molecule has 0 atom stereocenters. The Labute approximate surface area is 200 Å². The van der Waals surface area contributed by atoms with Crippen LogP contribution in [-0.2, 0) is 16.1 Å². The van der Waals surface area contributed by atoms with E-state index in [1.165, 1.54) is 6.08 Å². The van der Waals surface area contributed by atoms with Crippen LogP contribution in [0.5, 0.6) is 11.5 Å². The first kappa shape index (κ1) is 23.4. The van der Waals surface area contributed by atoms with Crippen LogP contribution in [0.25, 0.3) is 6.08 Å². The van der Waals surface area contributed by atoms with E-state index < -0.39 is 17.6 Å². The Balaban J connectivity index is 1.59. The maximum atomic E-state index is 13.6. The van der Waals surface area contributed by atoms with Gasteiger partial charge in [0, 0.05) is 0 Å². The topological polar surface area (TPSA) is 57.1 Å². The number of hydrogen-bond donors (Lipinski definition) is 0. The molecule has 0 aliphatic carbocycles. The van der Waals surface area contributed by atoms with Gasteiger partial charge in [-0.1, -0.05) is 41.9 Å². The number of esters is 1. The number of aryl methyl sites for hydroxylation is 1. The van der Waals surface area contributed by atoms with E-state index in [-0.39, 0.29) is 22.2 Å². The van der Waals surface area contributed by atoms with Gasteiger partial charge in [0.25, 0.3) is 0 Å². The van der Waals surface area contributed by atoms with Gasteiger partial charge in [-0.05, 0) is 60.9 Å². The molecule has 4 rings (SSSR count). The molecular weight excluding hydrogens is 464 g/mol. The normalized spacial score (nSPS) is 14.2. The van der Waals surface area contributed by atoms with E-state index in [0.29, 0.717) is 30.3 Å². The van der Waals surface area contributed by atoms with Crippen LogP contribution in [0.15, 0.2) is 65.3 Å². The summed E-state index contributed by atoms with van der Waals surface area (Å²) in [6.07, 6.45) is 1.50. The number of hydrogen-bond acceptors (Lipinski definition) is 5. The molecule has 0 fully saturated rings. The van der Waals surface area contributed by atoms with Crippen molar-refractivity contribution in [2.24, 2.45) is 4.99 Å². The van der Waals surface area contributed by atoms with E-state index in [1.807, 2.05) is 38.1 Å². The fourth-order valence-electron chi connectivity index (χ4n) is 3.30. The molecule has 3 aromatic rings. The molecule has 34 heavy (non-hydrogen) atoms. The van der Waals surface area contributed by atoms with E-state index in [0.717, 1.165) is 23.3 Å². The van der Waals surface area contributed by atoms with Crippen LogP contribution in [0.1, 0.15) is 29.2 Å². The van der Waals surface area contributed by atoms with Crippen molar-refractivity contribution in [1.29, 1.82) is 0 Å². The maximum absolute atomic E-state index is 13.6. The first-order chi connectivity index (χ1) is 16.4. The number of carbonyl (C=O) groups is 1. The van der Waals surface area contributed by atoms with Gasteiger partial charge in [-0.25, -0.2) is 18.6 Å². The monoisotopic (exact) mass is 483 g/mol. The Bertz CT molecular complexity index is 1320. The highest BCUT2D eigenvalue weighted by Crippen LogP contribution is 2.31. The smallest absolute Gasteiger partial charge is 0.363 e. The van der Waals surface area contributed by atoms with Crippen molar-refractivity contribution in [1.82, 2.24) is 0 Å². The van der Waals surface area contributed by atoms with E-state index in [4.69, 9.17) is 25.8 Å². The van der Waals surface area contributed by atoms with Crippen LogP contribution < -0.4 is 9.47 Å². The van der Waals surface area contributed by atoms with Crippen molar-refractivity contribution in [3.63, 3.8) is 0 Å². The molecular formula is C26H20ClF2NO4. The SMILES string of the molecule is CCOc1cc(C=C2N=C(c3cc(F)c(F)cc3Cl)OC2=O)ccc1OCc1ccccc1C. The van der Waals surface area contributed by atoms with Crippen molar-refractivity contribution in [2.75, 3.05) is 6.61 Å². The fraction of sp³-hybridized carbons (Fsp3) is 0.154. The Hall–Kier alpha value is -3.71. The molecule has 0 aromatic heterocycles. The number of carbonyl (C=O) groups excluding carboxylic acids is 1. The number of benzene rings is 3. The van der Waals surface area contributed by atoms with Crippen LogP contribution in [-0.4, -0.2) is 18.5 Å². The lowest BCUT2D eigenvalue weighted by Crippen LogP contribution is -2.07. The minimum atomic E-state index is -1.13. The average molecular weight is 484 g/mol. The lowest BCUT2D eigenvalue weighted by molar-refractivity contribution is -0.129. The third kappa shape index (κ3) is 5.10. The summed E-state index contributed by atoms with van der Waals surface area (Å²) < 4.78 is 43.8. The zero-order valence-electron chi connectivity index (χ0n) is 18.4. The molecule has 0 spiro atoms. The van der Waals surface area contributed by atoms with Gasteiger partial charge in [0.05, 0.1) is 17.2 Å². The Morgan fingerprint density at radius 3 is 2.56 bits per heavy atom. The van der Waals surface area contributed by atoms with Crippen molar-refractivity contribution in [3.8, 4) is 11.5 Å². The number of rotatable bonds is 7. The second-order valence-corrected chi connectivity index (χ2v) is 7.84. The quantitative estimate of drug-likeness (QED) is 0.226. The molecule has 1 heterocycles. The molecule has 0 amide bonds. The summed E-state index contributed by atoms with van der Waals surface area (Å²) in [4.78, 5) is 16.4. The van der Waals surface area contributed by atoms with Gasteiger partial charge in [0.2, 0.25) is 5.90 Å². The highest BCUT2D eigenvalue weighted by molar-refractivity contribution is 6.34. The number of aliphatic imine (C=N–C) groups is 1. The van der Waals surface area contributed by atoms with Crippen molar-refractivity contribution >= 4 is 29.5 Å². The number of nitrogens with zero attached hydrogens (tertiary/aromatic N) is 1. The Kier molecular flexibility index (Phi) is 6.93. The van der Waals surface area contributed by atoms with Gasteiger partial charge < -0.3 is 14.2 Å².